The highest BCUT2D eigenvalue weighted by Crippen LogP contribution is 2.30. The Morgan fingerprint density at radius 1 is 1.19 bits per heavy atom. The minimum absolute atomic E-state index is 0.0367. The van der Waals surface area contributed by atoms with Crippen molar-refractivity contribution < 1.29 is 23.1 Å². The summed E-state index contributed by atoms with van der Waals surface area (Å²) in [7, 11) is 0. The van der Waals surface area contributed by atoms with E-state index in [1.54, 1.807) is 17.0 Å². The van der Waals surface area contributed by atoms with Crippen molar-refractivity contribution >= 4 is 23.0 Å². The van der Waals surface area contributed by atoms with Gasteiger partial charge in [0.25, 0.3) is 0 Å². The van der Waals surface area contributed by atoms with Crippen LogP contribution in [0.4, 0.5) is 13.6 Å². The lowest BCUT2D eigenvalue weighted by Gasteiger charge is -2.24. The van der Waals surface area contributed by atoms with Crippen LogP contribution in [0.15, 0.2) is 48.5 Å². The third kappa shape index (κ3) is 6.77. The Labute approximate surface area is 191 Å². The maximum Gasteiger partial charge on any atom is 0.410 e. The van der Waals surface area contributed by atoms with Gasteiger partial charge in [0.05, 0.1) is 6.61 Å². The van der Waals surface area contributed by atoms with Gasteiger partial charge in [-0.1, -0.05) is 55.4 Å². The maximum absolute atomic E-state index is 13.9. The van der Waals surface area contributed by atoms with Crippen LogP contribution in [0.3, 0.4) is 0 Å². The highest BCUT2D eigenvalue weighted by molar-refractivity contribution is 8.14. The van der Waals surface area contributed by atoms with Gasteiger partial charge in [-0.3, -0.25) is 4.79 Å². The summed E-state index contributed by atoms with van der Waals surface area (Å²) in [5, 5.41) is 3.01. The molecule has 0 bridgehead atoms. The van der Waals surface area contributed by atoms with Crippen molar-refractivity contribution in [3.05, 3.63) is 71.3 Å². The maximum atomic E-state index is 13.9. The van der Waals surface area contributed by atoms with Crippen LogP contribution < -0.4 is 5.32 Å². The molecule has 1 saturated heterocycles. The number of unbranched alkanes of at least 4 members (excludes halogenated alkanes) is 1. The average molecular weight is 463 g/mol. The first-order chi connectivity index (χ1) is 15.5. The number of halogens is 2. The molecule has 2 atom stereocenters. The third-order valence-corrected chi connectivity index (χ3v) is 6.45. The van der Waals surface area contributed by atoms with Crippen LogP contribution >= 0.6 is 11.8 Å². The van der Waals surface area contributed by atoms with E-state index < -0.39 is 17.7 Å². The zero-order valence-electron chi connectivity index (χ0n) is 18.1. The first-order valence-corrected chi connectivity index (χ1v) is 11.7. The molecule has 0 aliphatic carbocycles. The number of amides is 1. The predicted molar refractivity (Wildman–Crippen MR) is 122 cm³/mol. The monoisotopic (exact) mass is 462 g/mol. The van der Waals surface area contributed by atoms with E-state index in [0.29, 0.717) is 31.7 Å². The van der Waals surface area contributed by atoms with Crippen LogP contribution in [0.1, 0.15) is 42.1 Å². The molecule has 8 heteroatoms. The van der Waals surface area contributed by atoms with Gasteiger partial charge in [-0.2, -0.15) is 0 Å². The molecule has 1 amide bonds. The van der Waals surface area contributed by atoms with Gasteiger partial charge < -0.3 is 15.0 Å². The van der Waals surface area contributed by atoms with Crippen molar-refractivity contribution in [2.24, 2.45) is 0 Å². The summed E-state index contributed by atoms with van der Waals surface area (Å²) in [5.41, 5.74) is 0.850. The quantitative estimate of drug-likeness (QED) is 0.531. The number of carbonyl (C=O) groups excluding carboxylic acids is 2. The van der Waals surface area contributed by atoms with Crippen LogP contribution in [-0.4, -0.2) is 47.1 Å². The molecule has 0 spiro atoms. The van der Waals surface area contributed by atoms with E-state index in [9.17, 15) is 18.4 Å². The van der Waals surface area contributed by atoms with Crippen LogP contribution in [0.5, 0.6) is 0 Å². The molecule has 1 fully saturated rings. The molecule has 172 valence electrons. The Morgan fingerprint density at radius 3 is 2.72 bits per heavy atom. The van der Waals surface area contributed by atoms with E-state index in [0.717, 1.165) is 31.0 Å². The van der Waals surface area contributed by atoms with E-state index >= 15 is 0 Å². The van der Waals surface area contributed by atoms with Gasteiger partial charge in [0, 0.05) is 42.1 Å². The number of benzene rings is 2. The molecule has 3 rings (SSSR count). The van der Waals surface area contributed by atoms with E-state index in [4.69, 9.17) is 4.74 Å². The van der Waals surface area contributed by atoms with Crippen LogP contribution in [0.2, 0.25) is 0 Å². The van der Waals surface area contributed by atoms with Crippen LogP contribution in [0, 0.1) is 11.6 Å². The topological polar surface area (TPSA) is 58.6 Å². The normalized spacial score (nSPS) is 18.0. The Balaban J connectivity index is 1.61. The predicted octanol–water partition coefficient (Wildman–Crippen LogP) is 5.01. The number of rotatable bonds is 9. The fourth-order valence-corrected chi connectivity index (χ4v) is 4.74. The number of nitrogens with one attached hydrogen (secondary N) is 1. The summed E-state index contributed by atoms with van der Waals surface area (Å²) < 4.78 is 32.7. The highest BCUT2D eigenvalue weighted by atomic mass is 32.2. The molecule has 0 radical (unpaired) electrons. The lowest BCUT2D eigenvalue weighted by atomic mass is 10.2. The van der Waals surface area contributed by atoms with Crippen LogP contribution in [-0.2, 0) is 11.3 Å². The number of ether oxygens (including phenoxy) is 1. The number of hydrogen-bond donors (Lipinski definition) is 1. The molecule has 1 aliphatic heterocycles. The number of thioether (sulfide) groups is 1. The molecule has 2 aromatic rings. The van der Waals surface area contributed by atoms with Crippen molar-refractivity contribution in [3.8, 4) is 0 Å². The molecule has 0 unspecified atom stereocenters. The zero-order chi connectivity index (χ0) is 22.9. The Morgan fingerprint density at radius 2 is 1.97 bits per heavy atom. The molecule has 5 nitrogen and oxygen atoms in total. The standard InChI is InChI=1S/C24H28F2N2O3S/c1-2-3-11-31-24(30)28-16-21(32-23(29)17-7-5-4-6-8-17)13-20(28)15-27-14-18-12-19(25)9-10-22(18)26/h4-10,12,20-21,27H,2-3,11,13-16H2,1H3/t20-,21+/m0/s1. The SMILES string of the molecule is CCCCOC(=O)N1C[C@H](SC(=O)c2ccccc2)C[C@H]1CNCc1cc(F)ccc1F. The summed E-state index contributed by atoms with van der Waals surface area (Å²) in [4.78, 5) is 26.9. The smallest absolute Gasteiger partial charge is 0.410 e. The lowest BCUT2D eigenvalue weighted by Crippen LogP contribution is -2.42. The van der Waals surface area contributed by atoms with E-state index in [2.05, 4.69) is 5.32 Å². The van der Waals surface area contributed by atoms with Gasteiger partial charge in [0.1, 0.15) is 11.6 Å². The highest BCUT2D eigenvalue weighted by Gasteiger charge is 2.37. The van der Waals surface area contributed by atoms with Crippen molar-refractivity contribution in [1.29, 1.82) is 0 Å². The number of hydrogen-bond acceptors (Lipinski definition) is 5. The summed E-state index contributed by atoms with van der Waals surface area (Å²) in [5.74, 6) is -0.982. The van der Waals surface area contributed by atoms with Gasteiger partial charge in [-0.15, -0.1) is 0 Å². The van der Waals surface area contributed by atoms with Crippen molar-refractivity contribution in [2.75, 3.05) is 19.7 Å². The van der Waals surface area contributed by atoms with Gasteiger partial charge in [-0.05, 0) is 31.0 Å². The summed E-state index contributed by atoms with van der Waals surface area (Å²) in [6.45, 7) is 3.29. The van der Waals surface area contributed by atoms with Gasteiger partial charge >= 0.3 is 6.09 Å². The van der Waals surface area contributed by atoms with Crippen LogP contribution in [0.25, 0.3) is 0 Å². The minimum Gasteiger partial charge on any atom is -0.449 e. The second kappa shape index (κ2) is 12.0. The lowest BCUT2D eigenvalue weighted by molar-refractivity contribution is 0.0965. The molecule has 1 heterocycles. The summed E-state index contributed by atoms with van der Waals surface area (Å²) in [6, 6.07) is 12.2. The Hall–Kier alpha value is -2.45. The molecule has 1 aliphatic rings. The largest absolute Gasteiger partial charge is 0.449 e. The number of nitrogens with zero attached hydrogens (tertiary/aromatic N) is 1. The second-order valence-electron chi connectivity index (χ2n) is 7.77. The third-order valence-electron chi connectivity index (χ3n) is 5.32. The second-order valence-corrected chi connectivity index (χ2v) is 9.04. The molecule has 32 heavy (non-hydrogen) atoms. The van der Waals surface area contributed by atoms with Crippen molar-refractivity contribution in [1.82, 2.24) is 10.2 Å². The van der Waals surface area contributed by atoms with Crippen molar-refractivity contribution in [3.63, 3.8) is 0 Å². The zero-order valence-corrected chi connectivity index (χ0v) is 18.9. The summed E-state index contributed by atoms with van der Waals surface area (Å²) >= 11 is 1.22. The number of likely N-dealkylation sites (tertiary alicyclic amines) is 1. The average Bonchev–Trinajstić information content (AvgIpc) is 3.19. The van der Waals surface area contributed by atoms with E-state index in [1.807, 2.05) is 25.1 Å². The molecular weight excluding hydrogens is 434 g/mol. The van der Waals surface area contributed by atoms with Crippen molar-refractivity contribution in [2.45, 2.75) is 44.0 Å². The molecule has 0 aromatic heterocycles. The van der Waals surface area contributed by atoms with Gasteiger partial charge in [-0.25, -0.2) is 13.6 Å². The molecule has 0 saturated carbocycles. The molecule has 1 N–H and O–H groups in total. The first kappa shape index (κ1) is 24.2. The molecule has 2 aromatic carbocycles. The fraction of sp³-hybridized carbons (Fsp3) is 0.417. The fourth-order valence-electron chi connectivity index (χ4n) is 3.61. The Kier molecular flexibility index (Phi) is 9.05. The first-order valence-electron chi connectivity index (χ1n) is 10.8. The summed E-state index contributed by atoms with van der Waals surface area (Å²) in [6.07, 6.45) is 1.90. The van der Waals surface area contributed by atoms with E-state index in [-0.39, 0.29) is 28.5 Å². The van der Waals surface area contributed by atoms with Gasteiger partial charge in [0.15, 0.2) is 0 Å². The number of carbonyl (C=O) groups is 2. The van der Waals surface area contributed by atoms with Gasteiger partial charge in [0.2, 0.25) is 5.12 Å². The minimum atomic E-state index is -0.499. The molecular formula is C24H28F2N2O3S. The van der Waals surface area contributed by atoms with E-state index in [1.165, 1.54) is 11.8 Å². The Bertz CT molecular complexity index is 913.